The van der Waals surface area contributed by atoms with Gasteiger partial charge < -0.3 is 5.11 Å². The zero-order valence-electron chi connectivity index (χ0n) is 9.29. The van der Waals surface area contributed by atoms with Crippen LogP contribution in [0.4, 0.5) is 0 Å². The first-order valence-electron chi connectivity index (χ1n) is 5.87. The molecule has 0 aromatic carbocycles. The SMILES string of the molecule is O=C1CC(NC2(CO)CCCCC2)C(=O)N1. The number of imide groups is 1. The van der Waals surface area contributed by atoms with Gasteiger partial charge in [0.2, 0.25) is 11.8 Å². The lowest BCUT2D eigenvalue weighted by Gasteiger charge is -2.38. The molecule has 0 aromatic heterocycles. The fourth-order valence-electron chi connectivity index (χ4n) is 2.62. The molecule has 1 unspecified atom stereocenters. The average molecular weight is 226 g/mol. The molecular weight excluding hydrogens is 208 g/mol. The molecule has 2 aliphatic rings. The van der Waals surface area contributed by atoms with Crippen molar-refractivity contribution in [1.29, 1.82) is 0 Å². The van der Waals surface area contributed by atoms with Crippen molar-refractivity contribution in [3.05, 3.63) is 0 Å². The molecule has 1 saturated heterocycles. The van der Waals surface area contributed by atoms with E-state index in [1.54, 1.807) is 0 Å². The summed E-state index contributed by atoms with van der Waals surface area (Å²) < 4.78 is 0. The van der Waals surface area contributed by atoms with Crippen LogP contribution in [-0.4, -0.2) is 35.1 Å². The van der Waals surface area contributed by atoms with Crippen LogP contribution in [-0.2, 0) is 9.59 Å². The highest BCUT2D eigenvalue weighted by Gasteiger charge is 2.39. The molecule has 2 rings (SSSR count). The van der Waals surface area contributed by atoms with Crippen molar-refractivity contribution in [3.63, 3.8) is 0 Å². The number of carbonyl (C=O) groups is 2. The molecule has 5 nitrogen and oxygen atoms in total. The molecule has 0 radical (unpaired) electrons. The van der Waals surface area contributed by atoms with Crippen molar-refractivity contribution in [2.75, 3.05) is 6.61 Å². The van der Waals surface area contributed by atoms with E-state index in [0.717, 1.165) is 25.7 Å². The Bertz CT molecular complexity index is 298. The zero-order valence-corrected chi connectivity index (χ0v) is 9.29. The molecule has 1 saturated carbocycles. The van der Waals surface area contributed by atoms with E-state index in [4.69, 9.17) is 0 Å². The third kappa shape index (κ3) is 2.25. The maximum Gasteiger partial charge on any atom is 0.244 e. The minimum Gasteiger partial charge on any atom is -0.394 e. The van der Waals surface area contributed by atoms with Crippen LogP contribution in [0.2, 0.25) is 0 Å². The van der Waals surface area contributed by atoms with Gasteiger partial charge in [0.05, 0.1) is 19.1 Å². The van der Waals surface area contributed by atoms with Crippen LogP contribution in [0.25, 0.3) is 0 Å². The smallest absolute Gasteiger partial charge is 0.244 e. The van der Waals surface area contributed by atoms with Crippen molar-refractivity contribution in [1.82, 2.24) is 10.6 Å². The molecule has 0 bridgehead atoms. The van der Waals surface area contributed by atoms with Gasteiger partial charge in [-0.2, -0.15) is 0 Å². The first-order valence-corrected chi connectivity index (χ1v) is 5.87. The van der Waals surface area contributed by atoms with Gasteiger partial charge in [-0.3, -0.25) is 20.2 Å². The van der Waals surface area contributed by atoms with Crippen LogP contribution in [0.3, 0.4) is 0 Å². The van der Waals surface area contributed by atoms with E-state index in [-0.39, 0.29) is 30.4 Å². The summed E-state index contributed by atoms with van der Waals surface area (Å²) in [5, 5.41) is 14.9. The molecule has 2 fully saturated rings. The normalized spacial score (nSPS) is 29.2. The first-order chi connectivity index (χ1) is 7.65. The Labute approximate surface area is 94.6 Å². The molecule has 90 valence electrons. The van der Waals surface area contributed by atoms with Crippen molar-refractivity contribution < 1.29 is 14.7 Å². The lowest BCUT2D eigenvalue weighted by Crippen LogP contribution is -2.56. The lowest BCUT2D eigenvalue weighted by molar-refractivity contribution is -0.125. The fraction of sp³-hybridized carbons (Fsp3) is 0.818. The van der Waals surface area contributed by atoms with E-state index in [9.17, 15) is 14.7 Å². The molecule has 1 aliphatic carbocycles. The molecule has 5 heteroatoms. The van der Waals surface area contributed by atoms with Gasteiger partial charge in [0.25, 0.3) is 0 Å². The van der Waals surface area contributed by atoms with E-state index in [1.165, 1.54) is 6.42 Å². The van der Waals surface area contributed by atoms with Gasteiger partial charge in [-0.15, -0.1) is 0 Å². The van der Waals surface area contributed by atoms with Gasteiger partial charge in [-0.05, 0) is 12.8 Å². The quantitative estimate of drug-likeness (QED) is 0.577. The summed E-state index contributed by atoms with van der Waals surface area (Å²) in [6.07, 6.45) is 5.26. The number of amides is 2. The molecule has 2 amide bonds. The van der Waals surface area contributed by atoms with Gasteiger partial charge >= 0.3 is 0 Å². The van der Waals surface area contributed by atoms with Crippen molar-refractivity contribution in [2.45, 2.75) is 50.1 Å². The summed E-state index contributed by atoms with van der Waals surface area (Å²) in [7, 11) is 0. The van der Waals surface area contributed by atoms with Crippen LogP contribution >= 0.6 is 0 Å². The summed E-state index contributed by atoms with van der Waals surface area (Å²) in [5.41, 5.74) is -0.356. The Kier molecular flexibility index (Phi) is 3.25. The minimum absolute atomic E-state index is 0.0327. The maximum absolute atomic E-state index is 11.4. The number of hydrogen-bond acceptors (Lipinski definition) is 4. The summed E-state index contributed by atoms with van der Waals surface area (Å²) in [5.74, 6) is -0.491. The highest BCUT2D eigenvalue weighted by Crippen LogP contribution is 2.28. The molecule has 3 N–H and O–H groups in total. The Morgan fingerprint density at radius 3 is 2.50 bits per heavy atom. The lowest BCUT2D eigenvalue weighted by atomic mass is 9.81. The predicted molar refractivity (Wildman–Crippen MR) is 57.6 cm³/mol. The Hall–Kier alpha value is -0.940. The molecule has 1 aliphatic heterocycles. The summed E-state index contributed by atoms with van der Waals surface area (Å²) in [6.45, 7) is 0.0327. The Balaban J connectivity index is 2.00. The average Bonchev–Trinajstić information content (AvgIpc) is 2.59. The number of hydrogen-bond donors (Lipinski definition) is 3. The highest BCUT2D eigenvalue weighted by atomic mass is 16.3. The van der Waals surface area contributed by atoms with Gasteiger partial charge in [0.1, 0.15) is 0 Å². The second-order valence-electron chi connectivity index (χ2n) is 4.81. The number of nitrogens with one attached hydrogen (secondary N) is 2. The number of aliphatic hydroxyl groups is 1. The molecule has 1 atom stereocenters. The van der Waals surface area contributed by atoms with Crippen LogP contribution < -0.4 is 10.6 Å². The van der Waals surface area contributed by atoms with Gasteiger partial charge in [-0.1, -0.05) is 19.3 Å². The van der Waals surface area contributed by atoms with E-state index in [2.05, 4.69) is 10.6 Å². The predicted octanol–water partition coefficient (Wildman–Crippen LogP) is -0.314. The molecule has 1 heterocycles. The standard InChI is InChI=1S/C11H18N2O3/c14-7-11(4-2-1-3-5-11)13-8-6-9(15)12-10(8)16/h8,13-14H,1-7H2,(H,12,15,16). The molecule has 0 spiro atoms. The van der Waals surface area contributed by atoms with E-state index < -0.39 is 6.04 Å². The summed E-state index contributed by atoms with van der Waals surface area (Å²) >= 11 is 0. The van der Waals surface area contributed by atoms with Crippen molar-refractivity contribution in [3.8, 4) is 0 Å². The van der Waals surface area contributed by atoms with Gasteiger partial charge in [0.15, 0.2) is 0 Å². The second-order valence-corrected chi connectivity index (χ2v) is 4.81. The maximum atomic E-state index is 11.4. The van der Waals surface area contributed by atoms with Crippen LogP contribution in [0.5, 0.6) is 0 Å². The van der Waals surface area contributed by atoms with E-state index in [1.807, 2.05) is 0 Å². The van der Waals surface area contributed by atoms with Gasteiger partial charge in [-0.25, -0.2) is 0 Å². The van der Waals surface area contributed by atoms with E-state index in [0.29, 0.717) is 0 Å². The Morgan fingerprint density at radius 2 is 2.00 bits per heavy atom. The number of carbonyl (C=O) groups excluding carboxylic acids is 2. The molecular formula is C11H18N2O3. The second kappa shape index (κ2) is 4.51. The number of aliphatic hydroxyl groups excluding tert-OH is 1. The fourth-order valence-corrected chi connectivity index (χ4v) is 2.62. The molecule has 16 heavy (non-hydrogen) atoms. The first kappa shape index (κ1) is 11.5. The zero-order chi connectivity index (χ0) is 11.6. The molecule has 0 aromatic rings. The third-order valence-corrected chi connectivity index (χ3v) is 3.56. The summed E-state index contributed by atoms with van der Waals surface area (Å²) in [6, 6.07) is -0.460. The topological polar surface area (TPSA) is 78.4 Å². The largest absolute Gasteiger partial charge is 0.394 e. The Morgan fingerprint density at radius 1 is 1.31 bits per heavy atom. The minimum atomic E-state index is -0.460. The van der Waals surface area contributed by atoms with Crippen molar-refractivity contribution >= 4 is 11.8 Å². The monoisotopic (exact) mass is 226 g/mol. The van der Waals surface area contributed by atoms with E-state index >= 15 is 0 Å². The van der Waals surface area contributed by atoms with Crippen molar-refractivity contribution in [2.24, 2.45) is 0 Å². The van der Waals surface area contributed by atoms with Crippen LogP contribution in [0.1, 0.15) is 38.5 Å². The van der Waals surface area contributed by atoms with Gasteiger partial charge in [0, 0.05) is 5.54 Å². The highest BCUT2D eigenvalue weighted by molar-refractivity contribution is 6.05. The third-order valence-electron chi connectivity index (χ3n) is 3.56. The van der Waals surface area contributed by atoms with Crippen LogP contribution in [0.15, 0.2) is 0 Å². The van der Waals surface area contributed by atoms with Crippen LogP contribution in [0, 0.1) is 0 Å². The number of rotatable bonds is 3. The summed E-state index contributed by atoms with van der Waals surface area (Å²) in [4.78, 5) is 22.5.